The molecule has 0 aliphatic rings. The standard InChI is InChI=1S/C10H14BrNO3S/c1-2-16(14,15)8-4-7-12-6-3-5-9(11)10(12)13/h3,5-6H,2,4,7-8H2,1H3. The van der Waals surface area contributed by atoms with Crippen LogP contribution in [0.5, 0.6) is 0 Å². The minimum atomic E-state index is -2.94. The molecule has 0 amide bonds. The Morgan fingerprint density at radius 1 is 1.44 bits per heavy atom. The average molecular weight is 308 g/mol. The fourth-order valence-electron chi connectivity index (χ4n) is 1.28. The smallest absolute Gasteiger partial charge is 0.264 e. The summed E-state index contributed by atoms with van der Waals surface area (Å²) < 4.78 is 24.5. The lowest BCUT2D eigenvalue weighted by Crippen LogP contribution is -2.21. The number of pyridine rings is 1. The number of halogens is 1. The minimum absolute atomic E-state index is 0.127. The van der Waals surface area contributed by atoms with E-state index >= 15 is 0 Å². The molecule has 1 heterocycles. The highest BCUT2D eigenvalue weighted by Crippen LogP contribution is 2.02. The summed E-state index contributed by atoms with van der Waals surface area (Å²) in [5.41, 5.74) is -0.128. The molecule has 1 aromatic rings. The zero-order valence-corrected chi connectivity index (χ0v) is 11.4. The van der Waals surface area contributed by atoms with Gasteiger partial charge in [0.1, 0.15) is 9.84 Å². The highest BCUT2D eigenvalue weighted by molar-refractivity contribution is 9.10. The third-order valence-corrected chi connectivity index (χ3v) is 4.66. The maximum Gasteiger partial charge on any atom is 0.264 e. The third kappa shape index (κ3) is 3.75. The monoisotopic (exact) mass is 307 g/mol. The van der Waals surface area contributed by atoms with Crippen LogP contribution in [-0.4, -0.2) is 24.5 Å². The second-order valence-corrected chi connectivity index (χ2v) is 6.77. The van der Waals surface area contributed by atoms with Crippen LogP contribution in [0.15, 0.2) is 27.6 Å². The van der Waals surface area contributed by atoms with E-state index in [1.54, 1.807) is 25.3 Å². The van der Waals surface area contributed by atoms with Gasteiger partial charge in [0.15, 0.2) is 0 Å². The van der Waals surface area contributed by atoms with E-state index in [2.05, 4.69) is 15.9 Å². The van der Waals surface area contributed by atoms with Crippen LogP contribution in [0.3, 0.4) is 0 Å². The summed E-state index contributed by atoms with van der Waals surface area (Å²) in [6.07, 6.45) is 2.12. The molecule has 90 valence electrons. The molecule has 0 unspecified atom stereocenters. The predicted octanol–water partition coefficient (Wildman–Crippen LogP) is 1.44. The first-order chi connectivity index (χ1) is 7.46. The molecule has 0 saturated heterocycles. The average Bonchev–Trinajstić information content (AvgIpc) is 2.24. The van der Waals surface area contributed by atoms with Gasteiger partial charge in [-0.2, -0.15) is 0 Å². The van der Waals surface area contributed by atoms with Gasteiger partial charge in [-0.05, 0) is 34.5 Å². The fraction of sp³-hybridized carbons (Fsp3) is 0.500. The molecule has 1 aromatic heterocycles. The second-order valence-electron chi connectivity index (χ2n) is 3.44. The molecule has 6 heteroatoms. The second kappa shape index (κ2) is 5.63. The summed E-state index contributed by atoms with van der Waals surface area (Å²) in [4.78, 5) is 11.6. The molecular weight excluding hydrogens is 294 g/mol. The predicted molar refractivity (Wildman–Crippen MR) is 67.3 cm³/mol. The van der Waals surface area contributed by atoms with Gasteiger partial charge in [-0.1, -0.05) is 6.92 Å². The molecule has 0 saturated carbocycles. The Bertz CT molecular complexity index is 507. The van der Waals surface area contributed by atoms with Crippen molar-refractivity contribution in [2.75, 3.05) is 11.5 Å². The summed E-state index contributed by atoms with van der Waals surface area (Å²) >= 11 is 3.14. The molecule has 0 radical (unpaired) electrons. The molecular formula is C10H14BrNO3S. The van der Waals surface area contributed by atoms with Gasteiger partial charge >= 0.3 is 0 Å². The zero-order chi connectivity index (χ0) is 12.2. The molecule has 4 nitrogen and oxygen atoms in total. The largest absolute Gasteiger partial charge is 0.315 e. The highest BCUT2D eigenvalue weighted by Gasteiger charge is 2.07. The maximum absolute atomic E-state index is 11.6. The maximum atomic E-state index is 11.6. The lowest BCUT2D eigenvalue weighted by Gasteiger charge is -2.05. The van der Waals surface area contributed by atoms with E-state index in [1.165, 1.54) is 4.57 Å². The zero-order valence-electron chi connectivity index (χ0n) is 9.02. The normalized spacial score (nSPS) is 11.6. The number of hydrogen-bond donors (Lipinski definition) is 0. The molecule has 16 heavy (non-hydrogen) atoms. The number of aryl methyl sites for hydroxylation is 1. The van der Waals surface area contributed by atoms with E-state index in [1.807, 2.05) is 0 Å². The van der Waals surface area contributed by atoms with Crippen molar-refractivity contribution in [1.29, 1.82) is 0 Å². The minimum Gasteiger partial charge on any atom is -0.315 e. The first kappa shape index (κ1) is 13.4. The van der Waals surface area contributed by atoms with Crippen LogP contribution in [-0.2, 0) is 16.4 Å². The molecule has 0 aromatic carbocycles. The van der Waals surface area contributed by atoms with Crippen molar-refractivity contribution < 1.29 is 8.42 Å². The van der Waals surface area contributed by atoms with Crippen LogP contribution in [0.2, 0.25) is 0 Å². The number of hydrogen-bond acceptors (Lipinski definition) is 3. The van der Waals surface area contributed by atoms with Gasteiger partial charge in [-0.3, -0.25) is 4.79 Å². The van der Waals surface area contributed by atoms with Crippen molar-refractivity contribution in [2.45, 2.75) is 19.9 Å². The van der Waals surface area contributed by atoms with Crippen LogP contribution in [0, 0.1) is 0 Å². The Balaban J connectivity index is 2.63. The molecule has 0 N–H and O–H groups in total. The van der Waals surface area contributed by atoms with Crippen LogP contribution >= 0.6 is 15.9 Å². The summed E-state index contributed by atoms with van der Waals surface area (Å²) in [5, 5.41) is 0. The lowest BCUT2D eigenvalue weighted by molar-refractivity contribution is 0.585. The molecule has 0 aliphatic heterocycles. The van der Waals surface area contributed by atoms with Crippen molar-refractivity contribution in [1.82, 2.24) is 4.57 Å². The highest BCUT2D eigenvalue weighted by atomic mass is 79.9. The third-order valence-electron chi connectivity index (χ3n) is 2.27. The molecule has 0 bridgehead atoms. The topological polar surface area (TPSA) is 56.1 Å². The number of rotatable bonds is 5. The lowest BCUT2D eigenvalue weighted by atomic mass is 10.4. The van der Waals surface area contributed by atoms with Crippen molar-refractivity contribution in [2.24, 2.45) is 0 Å². The van der Waals surface area contributed by atoms with Crippen LogP contribution < -0.4 is 5.56 Å². The fourth-order valence-corrected chi connectivity index (χ4v) is 2.52. The quantitative estimate of drug-likeness (QED) is 0.827. The Kier molecular flexibility index (Phi) is 4.73. The first-order valence-corrected chi connectivity index (χ1v) is 7.63. The van der Waals surface area contributed by atoms with Gasteiger partial charge in [-0.25, -0.2) is 8.42 Å². The molecule has 0 spiro atoms. The van der Waals surface area contributed by atoms with Gasteiger partial charge < -0.3 is 4.57 Å². The number of aromatic nitrogens is 1. The van der Waals surface area contributed by atoms with E-state index in [0.29, 0.717) is 17.4 Å². The Hall–Kier alpha value is -0.620. The van der Waals surface area contributed by atoms with E-state index in [9.17, 15) is 13.2 Å². The number of nitrogens with zero attached hydrogens (tertiary/aromatic N) is 1. The Labute approximate surface area is 103 Å². The molecule has 0 atom stereocenters. The van der Waals surface area contributed by atoms with Gasteiger partial charge in [0.25, 0.3) is 5.56 Å². The van der Waals surface area contributed by atoms with E-state index in [-0.39, 0.29) is 17.1 Å². The van der Waals surface area contributed by atoms with Crippen molar-refractivity contribution in [3.8, 4) is 0 Å². The van der Waals surface area contributed by atoms with Crippen LogP contribution in [0.25, 0.3) is 0 Å². The van der Waals surface area contributed by atoms with Gasteiger partial charge in [0, 0.05) is 18.5 Å². The summed E-state index contributed by atoms with van der Waals surface area (Å²) in [5.74, 6) is 0.281. The van der Waals surface area contributed by atoms with Crippen molar-refractivity contribution >= 4 is 25.8 Å². The summed E-state index contributed by atoms with van der Waals surface area (Å²) in [6, 6.07) is 3.42. The SMILES string of the molecule is CCS(=O)(=O)CCCn1cccc(Br)c1=O. The molecule has 0 aliphatic carbocycles. The van der Waals surface area contributed by atoms with Crippen molar-refractivity contribution in [3.05, 3.63) is 33.2 Å². The Morgan fingerprint density at radius 3 is 2.75 bits per heavy atom. The number of sulfone groups is 1. The van der Waals surface area contributed by atoms with E-state index in [4.69, 9.17) is 0 Å². The first-order valence-electron chi connectivity index (χ1n) is 5.01. The van der Waals surface area contributed by atoms with Gasteiger partial charge in [-0.15, -0.1) is 0 Å². The van der Waals surface area contributed by atoms with Gasteiger partial charge in [0.05, 0.1) is 10.2 Å². The van der Waals surface area contributed by atoms with E-state index in [0.717, 1.165) is 0 Å². The van der Waals surface area contributed by atoms with E-state index < -0.39 is 9.84 Å². The van der Waals surface area contributed by atoms with Crippen molar-refractivity contribution in [3.63, 3.8) is 0 Å². The molecule has 0 fully saturated rings. The van der Waals surface area contributed by atoms with Gasteiger partial charge in [0.2, 0.25) is 0 Å². The molecule has 1 rings (SSSR count). The van der Waals surface area contributed by atoms with Crippen LogP contribution in [0.1, 0.15) is 13.3 Å². The Morgan fingerprint density at radius 2 is 2.12 bits per heavy atom. The van der Waals surface area contributed by atoms with Crippen LogP contribution in [0.4, 0.5) is 0 Å². The summed E-state index contributed by atoms with van der Waals surface area (Å²) in [7, 11) is -2.94. The summed E-state index contributed by atoms with van der Waals surface area (Å²) in [6.45, 7) is 2.05.